The molecule has 0 spiro atoms. The first-order valence-corrected chi connectivity index (χ1v) is 9.08. The van der Waals surface area contributed by atoms with Gasteiger partial charge in [0.05, 0.1) is 18.7 Å². The number of amides is 2. The van der Waals surface area contributed by atoms with Gasteiger partial charge in [-0.1, -0.05) is 30.3 Å². The van der Waals surface area contributed by atoms with E-state index in [0.717, 1.165) is 18.4 Å². The molecule has 0 saturated carbocycles. The highest BCUT2D eigenvalue weighted by molar-refractivity contribution is 5.98. The number of fused-ring (bicyclic) bond motifs is 2. The molecule has 2 N–H and O–H groups in total. The Bertz CT molecular complexity index is 862. The van der Waals surface area contributed by atoms with Gasteiger partial charge in [-0.15, -0.1) is 0 Å². The molecule has 2 aromatic carbocycles. The summed E-state index contributed by atoms with van der Waals surface area (Å²) < 4.78 is 5.63. The Balaban J connectivity index is 1.58. The van der Waals surface area contributed by atoms with Crippen molar-refractivity contribution in [1.82, 2.24) is 0 Å². The predicted molar refractivity (Wildman–Crippen MR) is 99.2 cm³/mol. The van der Waals surface area contributed by atoms with Crippen LogP contribution in [0.4, 0.5) is 5.69 Å². The first-order chi connectivity index (χ1) is 12.6. The number of aryl methyl sites for hydroxylation is 2. The van der Waals surface area contributed by atoms with Gasteiger partial charge >= 0.3 is 0 Å². The van der Waals surface area contributed by atoms with Gasteiger partial charge in [-0.3, -0.25) is 9.59 Å². The molecule has 134 valence electrons. The van der Waals surface area contributed by atoms with Crippen LogP contribution in [0.2, 0.25) is 0 Å². The topological polar surface area (TPSA) is 72.6 Å². The normalized spacial score (nSPS) is 18.5. The maximum atomic E-state index is 13.0. The number of rotatable bonds is 3. The molecule has 1 aliphatic carbocycles. The molecule has 0 aromatic heterocycles. The minimum Gasteiger partial charge on any atom is -0.477 e. The van der Waals surface area contributed by atoms with E-state index in [1.54, 1.807) is 11.0 Å². The monoisotopic (exact) mass is 350 g/mol. The van der Waals surface area contributed by atoms with Crippen LogP contribution in [0.5, 0.6) is 5.75 Å². The number of nitrogens with two attached hydrogens (primary N) is 1. The summed E-state index contributed by atoms with van der Waals surface area (Å²) in [6.07, 6.45) is 4.14. The van der Waals surface area contributed by atoms with Gasteiger partial charge in [-0.2, -0.15) is 0 Å². The molecule has 2 aliphatic rings. The van der Waals surface area contributed by atoms with Gasteiger partial charge in [0.2, 0.25) is 5.91 Å². The number of anilines is 1. The highest BCUT2D eigenvalue weighted by Gasteiger charge is 2.32. The molecule has 0 radical (unpaired) electrons. The first kappa shape index (κ1) is 16.6. The summed E-state index contributed by atoms with van der Waals surface area (Å²) in [5, 5.41) is 0. The van der Waals surface area contributed by atoms with Gasteiger partial charge in [0.15, 0.2) is 6.10 Å². The number of hydrogen-bond acceptors (Lipinski definition) is 3. The fourth-order valence-corrected chi connectivity index (χ4v) is 3.79. The number of carbonyl (C=O) groups excluding carboxylic acids is 2. The molecule has 2 amide bonds. The third kappa shape index (κ3) is 3.17. The van der Waals surface area contributed by atoms with E-state index in [1.807, 2.05) is 24.3 Å². The van der Waals surface area contributed by atoms with Crippen LogP contribution in [0.15, 0.2) is 42.5 Å². The van der Waals surface area contributed by atoms with Crippen LogP contribution in [0, 0.1) is 0 Å². The summed E-state index contributed by atoms with van der Waals surface area (Å²) in [5.41, 5.74) is 9.87. The maximum Gasteiger partial charge on any atom is 0.260 e. The Kier molecular flexibility index (Phi) is 4.37. The molecule has 1 atom stereocenters. The van der Waals surface area contributed by atoms with Crippen LogP contribution in [0.1, 0.15) is 29.5 Å². The highest BCUT2D eigenvalue weighted by Crippen LogP contribution is 2.33. The molecule has 1 heterocycles. The zero-order valence-corrected chi connectivity index (χ0v) is 14.6. The summed E-state index contributed by atoms with van der Waals surface area (Å²) in [7, 11) is 0. The quantitative estimate of drug-likeness (QED) is 0.924. The summed E-state index contributed by atoms with van der Waals surface area (Å²) in [6, 6.07) is 13.6. The molecule has 0 bridgehead atoms. The third-order valence-electron chi connectivity index (χ3n) is 5.16. The summed E-state index contributed by atoms with van der Waals surface area (Å²) >= 11 is 0. The molecular formula is C21H22N2O3. The van der Waals surface area contributed by atoms with Crippen molar-refractivity contribution in [3.63, 3.8) is 0 Å². The average molecular weight is 350 g/mol. The average Bonchev–Trinajstić information content (AvgIpc) is 2.67. The van der Waals surface area contributed by atoms with Crippen LogP contribution in [-0.2, 0) is 28.9 Å². The van der Waals surface area contributed by atoms with Crippen LogP contribution < -0.4 is 15.4 Å². The number of carbonyl (C=O) groups is 2. The van der Waals surface area contributed by atoms with E-state index in [0.29, 0.717) is 17.9 Å². The molecule has 26 heavy (non-hydrogen) atoms. The van der Waals surface area contributed by atoms with Gasteiger partial charge in [-0.25, -0.2) is 0 Å². The lowest BCUT2D eigenvalue weighted by Gasteiger charge is -2.33. The maximum absolute atomic E-state index is 13.0. The molecule has 0 fully saturated rings. The second-order valence-corrected chi connectivity index (χ2v) is 6.97. The lowest BCUT2D eigenvalue weighted by Crippen LogP contribution is -2.49. The lowest BCUT2D eigenvalue weighted by atomic mass is 9.90. The van der Waals surface area contributed by atoms with Crippen LogP contribution in [-0.4, -0.2) is 24.5 Å². The van der Waals surface area contributed by atoms with E-state index in [2.05, 4.69) is 12.1 Å². The minimum absolute atomic E-state index is 0.0530. The number of benzene rings is 2. The lowest BCUT2D eigenvalue weighted by molar-refractivity contribution is -0.125. The summed E-state index contributed by atoms with van der Waals surface area (Å²) in [5.74, 6) is -0.102. The number of ether oxygens (including phenoxy) is 1. The molecule has 1 unspecified atom stereocenters. The number of nitrogens with zero attached hydrogens (tertiary/aromatic N) is 1. The van der Waals surface area contributed by atoms with Crippen LogP contribution in [0.25, 0.3) is 0 Å². The zero-order valence-electron chi connectivity index (χ0n) is 14.6. The number of para-hydroxylation sites is 2. The van der Waals surface area contributed by atoms with E-state index in [9.17, 15) is 9.59 Å². The van der Waals surface area contributed by atoms with Crippen LogP contribution in [0.3, 0.4) is 0 Å². The minimum atomic E-state index is -0.822. The van der Waals surface area contributed by atoms with E-state index in [1.165, 1.54) is 24.0 Å². The second kappa shape index (κ2) is 6.83. The van der Waals surface area contributed by atoms with Crippen molar-refractivity contribution in [3.8, 4) is 5.75 Å². The first-order valence-electron chi connectivity index (χ1n) is 9.08. The second-order valence-electron chi connectivity index (χ2n) is 6.97. The molecule has 0 saturated heterocycles. The molecule has 1 aliphatic heterocycles. The Morgan fingerprint density at radius 2 is 1.85 bits per heavy atom. The Labute approximate surface area is 152 Å². The van der Waals surface area contributed by atoms with Crippen molar-refractivity contribution < 1.29 is 14.3 Å². The van der Waals surface area contributed by atoms with Gasteiger partial charge in [0, 0.05) is 0 Å². The molecule has 2 aromatic rings. The van der Waals surface area contributed by atoms with E-state index in [4.69, 9.17) is 10.5 Å². The smallest absolute Gasteiger partial charge is 0.260 e. The van der Waals surface area contributed by atoms with E-state index < -0.39 is 12.0 Å². The van der Waals surface area contributed by atoms with E-state index >= 15 is 0 Å². The Hall–Kier alpha value is -2.82. The highest BCUT2D eigenvalue weighted by atomic mass is 16.5. The van der Waals surface area contributed by atoms with Crippen molar-refractivity contribution in [2.24, 2.45) is 5.73 Å². The fourth-order valence-electron chi connectivity index (χ4n) is 3.79. The SMILES string of the molecule is NC(=O)C1CN(C(=O)Cc2ccc3c(c2)CCCC3)c2ccccc2O1. The standard InChI is InChI=1S/C21H22N2O3/c22-21(25)19-13-23(17-7-3-4-8-18(17)26-19)20(24)12-14-9-10-15-5-1-2-6-16(15)11-14/h3-4,7-11,19H,1-2,5-6,12-13H2,(H2,22,25). The molecular weight excluding hydrogens is 328 g/mol. The van der Waals surface area contributed by atoms with Crippen molar-refractivity contribution in [1.29, 1.82) is 0 Å². The van der Waals surface area contributed by atoms with Crippen LogP contribution >= 0.6 is 0 Å². The third-order valence-corrected chi connectivity index (χ3v) is 5.16. The Morgan fingerprint density at radius 1 is 1.08 bits per heavy atom. The van der Waals surface area contributed by atoms with E-state index in [-0.39, 0.29) is 12.5 Å². The van der Waals surface area contributed by atoms with Gasteiger partial charge in [-0.05, 0) is 54.5 Å². The molecule has 5 nitrogen and oxygen atoms in total. The zero-order chi connectivity index (χ0) is 18.1. The van der Waals surface area contributed by atoms with Gasteiger partial charge in [0.25, 0.3) is 5.91 Å². The van der Waals surface area contributed by atoms with Crippen molar-refractivity contribution in [2.75, 3.05) is 11.4 Å². The van der Waals surface area contributed by atoms with Gasteiger partial charge < -0.3 is 15.4 Å². The van der Waals surface area contributed by atoms with Gasteiger partial charge in [0.1, 0.15) is 5.75 Å². The predicted octanol–water partition coefficient (Wildman–Crippen LogP) is 2.39. The Morgan fingerprint density at radius 3 is 2.65 bits per heavy atom. The largest absolute Gasteiger partial charge is 0.477 e. The van der Waals surface area contributed by atoms with Crippen molar-refractivity contribution >= 4 is 17.5 Å². The number of hydrogen-bond donors (Lipinski definition) is 1. The summed E-state index contributed by atoms with van der Waals surface area (Å²) in [4.78, 5) is 26.2. The van der Waals surface area contributed by atoms with Crippen molar-refractivity contribution in [2.45, 2.75) is 38.2 Å². The number of primary amides is 1. The fraction of sp³-hybridized carbons (Fsp3) is 0.333. The molecule has 4 rings (SSSR count). The van der Waals surface area contributed by atoms with Crippen molar-refractivity contribution in [3.05, 3.63) is 59.2 Å². The molecule has 5 heteroatoms. The summed E-state index contributed by atoms with van der Waals surface area (Å²) in [6.45, 7) is 0.149.